The monoisotopic (exact) mass is 529 g/mol. The van der Waals surface area contributed by atoms with Crippen LogP contribution in [-0.2, 0) is 21.7 Å². The number of hydrogen-bond donors (Lipinski definition) is 0. The normalized spacial score (nSPS) is 13.0. The van der Waals surface area contributed by atoms with E-state index in [9.17, 15) is 0 Å². The molecule has 1 radical (unpaired) electrons. The summed E-state index contributed by atoms with van der Waals surface area (Å²) in [6.07, 6.45) is 0. The lowest BCUT2D eigenvalue weighted by atomic mass is 9.74. The van der Waals surface area contributed by atoms with Gasteiger partial charge in [-0.3, -0.25) is 0 Å². The standard InChI is InChI=1S/C40H49/c1-37(2,3)28-21-23-30(34(25-28)39(7,8)9)32-19-16-20-33(36(32)27-17-14-13-15-18-27)31-24-22-29(38(4,5)6)26-35(31)40(10,11)12/h13-19,21-26H,1-12H3. The number of benzene rings is 4. The minimum atomic E-state index is -0.0146. The first-order chi connectivity index (χ1) is 18.4. The third-order valence-corrected chi connectivity index (χ3v) is 8.01. The van der Waals surface area contributed by atoms with E-state index in [-0.39, 0.29) is 21.7 Å². The molecule has 0 heteroatoms. The molecule has 0 aliphatic heterocycles. The Morgan fingerprint density at radius 1 is 0.450 bits per heavy atom. The van der Waals surface area contributed by atoms with E-state index in [2.05, 4.69) is 168 Å². The van der Waals surface area contributed by atoms with Crippen LogP contribution in [0.15, 0.2) is 78.9 Å². The van der Waals surface area contributed by atoms with E-state index >= 15 is 0 Å². The van der Waals surface area contributed by atoms with Gasteiger partial charge in [-0.15, -0.1) is 0 Å². The zero-order valence-electron chi connectivity index (χ0n) is 27.0. The van der Waals surface area contributed by atoms with Crippen LogP contribution in [0.2, 0.25) is 0 Å². The Hall–Kier alpha value is -3.12. The highest BCUT2D eigenvalue weighted by molar-refractivity contribution is 5.96. The minimum absolute atomic E-state index is 0.00476. The van der Waals surface area contributed by atoms with E-state index in [1.54, 1.807) is 0 Å². The molecule has 0 unspecified atom stereocenters. The summed E-state index contributed by atoms with van der Waals surface area (Å²) in [7, 11) is 0. The fraction of sp³-hybridized carbons (Fsp3) is 0.400. The zero-order chi connectivity index (χ0) is 29.7. The van der Waals surface area contributed by atoms with Gasteiger partial charge in [-0.25, -0.2) is 0 Å². The van der Waals surface area contributed by atoms with Gasteiger partial charge in [0.2, 0.25) is 0 Å². The van der Waals surface area contributed by atoms with Gasteiger partial charge in [-0.05, 0) is 83.4 Å². The molecule has 4 rings (SSSR count). The van der Waals surface area contributed by atoms with Gasteiger partial charge in [-0.1, -0.05) is 162 Å². The van der Waals surface area contributed by atoms with Crippen LogP contribution < -0.4 is 0 Å². The Balaban J connectivity index is 2.12. The zero-order valence-corrected chi connectivity index (χ0v) is 27.0. The first-order valence-corrected chi connectivity index (χ1v) is 14.8. The summed E-state index contributed by atoms with van der Waals surface area (Å²) < 4.78 is 0. The van der Waals surface area contributed by atoms with Gasteiger partial charge in [0, 0.05) is 0 Å². The summed E-state index contributed by atoms with van der Waals surface area (Å²) in [6.45, 7) is 27.8. The van der Waals surface area contributed by atoms with E-state index in [1.165, 1.54) is 55.6 Å². The number of hydrogen-bond acceptors (Lipinski definition) is 0. The Kier molecular flexibility index (Phi) is 7.74. The Labute approximate surface area is 244 Å². The van der Waals surface area contributed by atoms with Gasteiger partial charge in [0.1, 0.15) is 0 Å². The van der Waals surface area contributed by atoms with Crippen molar-refractivity contribution >= 4 is 0 Å². The summed E-state index contributed by atoms with van der Waals surface area (Å²) in [5.74, 6) is 0. The molecule has 0 fully saturated rings. The molecule has 0 heterocycles. The van der Waals surface area contributed by atoms with Crippen molar-refractivity contribution in [2.75, 3.05) is 0 Å². The van der Waals surface area contributed by atoms with Crippen LogP contribution in [0, 0.1) is 6.07 Å². The summed E-state index contributed by atoms with van der Waals surface area (Å²) in [6, 6.07) is 33.3. The van der Waals surface area contributed by atoms with Gasteiger partial charge in [-0.2, -0.15) is 0 Å². The smallest absolute Gasteiger partial charge is 0.00174 e. The van der Waals surface area contributed by atoms with Crippen molar-refractivity contribution in [2.24, 2.45) is 0 Å². The van der Waals surface area contributed by atoms with Crippen molar-refractivity contribution in [3.8, 4) is 33.4 Å². The number of rotatable bonds is 3. The highest BCUT2D eigenvalue weighted by Crippen LogP contribution is 2.46. The lowest BCUT2D eigenvalue weighted by molar-refractivity contribution is 0.569. The van der Waals surface area contributed by atoms with Crippen molar-refractivity contribution in [3.63, 3.8) is 0 Å². The van der Waals surface area contributed by atoms with Crippen molar-refractivity contribution in [1.82, 2.24) is 0 Å². The first kappa shape index (κ1) is 29.9. The molecule has 0 spiro atoms. The van der Waals surface area contributed by atoms with E-state index in [1.807, 2.05) is 0 Å². The Morgan fingerprint density at radius 3 is 1.40 bits per heavy atom. The summed E-state index contributed by atoms with van der Waals surface area (Å²) >= 11 is 0. The lowest BCUT2D eigenvalue weighted by Gasteiger charge is -2.30. The van der Waals surface area contributed by atoms with E-state index in [4.69, 9.17) is 0 Å². The van der Waals surface area contributed by atoms with Crippen molar-refractivity contribution in [1.29, 1.82) is 0 Å². The predicted molar refractivity (Wildman–Crippen MR) is 176 cm³/mol. The molecule has 0 atom stereocenters. The molecule has 0 saturated heterocycles. The molecule has 0 aliphatic rings. The SMILES string of the molecule is CC(C)(C)c1ccc(-c2[c]ccc(-c3ccc(C(C)(C)C)cc3C(C)(C)C)c2-c2ccccc2)c(C(C)(C)C)c1. The lowest BCUT2D eigenvalue weighted by Crippen LogP contribution is -2.18. The second-order valence-electron chi connectivity index (χ2n) is 15.5. The molecule has 0 nitrogen and oxygen atoms in total. The third kappa shape index (κ3) is 6.12. The molecule has 0 N–H and O–H groups in total. The molecule has 4 aromatic carbocycles. The van der Waals surface area contributed by atoms with Gasteiger partial charge in [0.15, 0.2) is 0 Å². The van der Waals surface area contributed by atoms with Crippen LogP contribution in [0.1, 0.15) is 105 Å². The predicted octanol–water partition coefficient (Wildman–Crippen LogP) is 11.7. The average molecular weight is 530 g/mol. The summed E-state index contributed by atoms with van der Waals surface area (Å²) in [5, 5.41) is 0. The second kappa shape index (κ2) is 10.4. The van der Waals surface area contributed by atoms with Gasteiger partial charge < -0.3 is 0 Å². The Bertz CT molecular complexity index is 1390. The van der Waals surface area contributed by atoms with Gasteiger partial charge in [0.05, 0.1) is 0 Å². The van der Waals surface area contributed by atoms with Crippen LogP contribution in [-0.4, -0.2) is 0 Å². The highest BCUT2D eigenvalue weighted by atomic mass is 14.3. The van der Waals surface area contributed by atoms with Gasteiger partial charge >= 0.3 is 0 Å². The molecule has 0 saturated carbocycles. The quantitative estimate of drug-likeness (QED) is 0.247. The van der Waals surface area contributed by atoms with E-state index in [0.717, 1.165) is 0 Å². The van der Waals surface area contributed by atoms with Crippen molar-refractivity contribution in [3.05, 3.63) is 107 Å². The topological polar surface area (TPSA) is 0 Å². The van der Waals surface area contributed by atoms with Crippen molar-refractivity contribution < 1.29 is 0 Å². The maximum atomic E-state index is 3.73. The highest BCUT2D eigenvalue weighted by Gasteiger charge is 2.27. The summed E-state index contributed by atoms with van der Waals surface area (Å²) in [4.78, 5) is 0. The van der Waals surface area contributed by atoms with E-state index in [0.29, 0.717) is 0 Å². The maximum absolute atomic E-state index is 3.73. The molecular formula is C40H49. The van der Waals surface area contributed by atoms with Crippen LogP contribution in [0.5, 0.6) is 0 Å². The average Bonchev–Trinajstić information content (AvgIpc) is 2.86. The van der Waals surface area contributed by atoms with Gasteiger partial charge in [0.25, 0.3) is 0 Å². The van der Waals surface area contributed by atoms with Crippen LogP contribution in [0.3, 0.4) is 0 Å². The molecule has 0 aromatic heterocycles. The fourth-order valence-electron chi connectivity index (χ4n) is 5.56. The molecule has 209 valence electrons. The molecule has 40 heavy (non-hydrogen) atoms. The molecule has 4 aromatic rings. The summed E-state index contributed by atoms with van der Waals surface area (Å²) in [5.41, 5.74) is 13.1. The molecular weight excluding hydrogens is 480 g/mol. The van der Waals surface area contributed by atoms with Crippen molar-refractivity contribution in [2.45, 2.75) is 105 Å². The van der Waals surface area contributed by atoms with Crippen LogP contribution >= 0.6 is 0 Å². The maximum Gasteiger partial charge on any atom is -0.00174 e. The minimum Gasteiger partial charge on any atom is -0.0622 e. The molecule has 0 amide bonds. The third-order valence-electron chi connectivity index (χ3n) is 8.01. The van der Waals surface area contributed by atoms with Crippen LogP contribution in [0.25, 0.3) is 33.4 Å². The second-order valence-corrected chi connectivity index (χ2v) is 15.5. The fourth-order valence-corrected chi connectivity index (χ4v) is 5.56. The first-order valence-electron chi connectivity index (χ1n) is 14.8. The van der Waals surface area contributed by atoms with Crippen LogP contribution in [0.4, 0.5) is 0 Å². The Morgan fingerprint density at radius 2 is 0.925 bits per heavy atom. The molecule has 0 aliphatic carbocycles. The molecule has 0 bridgehead atoms. The largest absolute Gasteiger partial charge is 0.0622 e. The van der Waals surface area contributed by atoms with E-state index < -0.39 is 0 Å².